The second-order valence-electron chi connectivity index (χ2n) is 8.80. The summed E-state index contributed by atoms with van der Waals surface area (Å²) < 4.78 is 10.6. The number of H-pyrrole nitrogens is 1. The van der Waals surface area contributed by atoms with Gasteiger partial charge in [0.1, 0.15) is 5.02 Å². The molecule has 13 heteroatoms. The summed E-state index contributed by atoms with van der Waals surface area (Å²) in [6.45, 7) is 5.68. The van der Waals surface area contributed by atoms with E-state index < -0.39 is 6.10 Å². The van der Waals surface area contributed by atoms with Gasteiger partial charge in [0.2, 0.25) is 5.88 Å². The Hall–Kier alpha value is -2.99. The zero-order valence-corrected chi connectivity index (χ0v) is 23.1. The number of hydrogen-bond donors (Lipinski definition) is 2. The SMILES string of the molecule is CC[C@@H](Oc1ncc(Cl)cc1Cl)C(=O)NCc1cccc(C(=O)N2CCN(CCc3noc(=S)[nH]3)CC2)c1. The third-order valence-electron chi connectivity index (χ3n) is 6.14. The zero-order chi connectivity index (χ0) is 27.1. The molecule has 0 radical (unpaired) electrons. The molecule has 4 rings (SSSR count). The predicted octanol–water partition coefficient (Wildman–Crippen LogP) is 3.91. The Balaban J connectivity index is 1.27. The molecule has 0 bridgehead atoms. The number of amides is 2. The summed E-state index contributed by atoms with van der Waals surface area (Å²) in [7, 11) is 0. The minimum Gasteiger partial charge on any atom is -0.463 e. The van der Waals surface area contributed by atoms with Gasteiger partial charge in [-0.15, -0.1) is 0 Å². The van der Waals surface area contributed by atoms with Crippen LogP contribution in [0.25, 0.3) is 0 Å². The molecule has 0 saturated carbocycles. The van der Waals surface area contributed by atoms with E-state index in [-0.39, 0.29) is 34.1 Å². The number of halogens is 2. The molecule has 0 spiro atoms. The average Bonchev–Trinajstić information content (AvgIpc) is 3.35. The van der Waals surface area contributed by atoms with E-state index in [9.17, 15) is 9.59 Å². The summed E-state index contributed by atoms with van der Waals surface area (Å²) in [4.78, 5) is 37.2. The zero-order valence-electron chi connectivity index (χ0n) is 20.8. The number of carbonyl (C=O) groups excluding carboxylic acids is 2. The van der Waals surface area contributed by atoms with E-state index >= 15 is 0 Å². The molecule has 0 aliphatic carbocycles. The first kappa shape index (κ1) is 28.0. The number of piperazine rings is 1. The van der Waals surface area contributed by atoms with Gasteiger partial charge in [-0.05, 0) is 42.4 Å². The lowest BCUT2D eigenvalue weighted by molar-refractivity contribution is -0.128. The summed E-state index contributed by atoms with van der Waals surface area (Å²) in [5, 5.41) is 7.36. The smallest absolute Gasteiger partial charge is 0.294 e. The fraction of sp³-hybridized carbons (Fsp3) is 0.400. The number of benzene rings is 1. The lowest BCUT2D eigenvalue weighted by Crippen LogP contribution is -2.49. The molecule has 1 aliphatic rings. The Morgan fingerprint density at radius 3 is 2.71 bits per heavy atom. The van der Waals surface area contributed by atoms with E-state index in [0.717, 1.165) is 31.0 Å². The van der Waals surface area contributed by atoms with Gasteiger partial charge in [-0.25, -0.2) is 4.98 Å². The highest BCUT2D eigenvalue weighted by Gasteiger charge is 2.23. The first-order valence-electron chi connectivity index (χ1n) is 12.2. The van der Waals surface area contributed by atoms with E-state index in [4.69, 9.17) is 44.7 Å². The number of nitrogens with zero attached hydrogens (tertiary/aromatic N) is 4. The molecule has 10 nitrogen and oxygen atoms in total. The number of hydrogen-bond acceptors (Lipinski definition) is 8. The molecule has 3 aromatic rings. The van der Waals surface area contributed by atoms with Crippen molar-refractivity contribution in [2.24, 2.45) is 0 Å². The lowest BCUT2D eigenvalue weighted by Gasteiger charge is -2.34. The largest absolute Gasteiger partial charge is 0.463 e. The first-order valence-corrected chi connectivity index (χ1v) is 13.4. The topological polar surface area (TPSA) is 117 Å². The van der Waals surface area contributed by atoms with Crippen molar-refractivity contribution in [1.29, 1.82) is 0 Å². The molecule has 2 N–H and O–H groups in total. The quantitative estimate of drug-likeness (QED) is 0.348. The highest BCUT2D eigenvalue weighted by molar-refractivity contribution is 7.71. The maximum Gasteiger partial charge on any atom is 0.294 e. The van der Waals surface area contributed by atoms with Gasteiger partial charge in [0.05, 0.1) is 5.02 Å². The predicted molar refractivity (Wildman–Crippen MR) is 145 cm³/mol. The fourth-order valence-corrected chi connectivity index (χ4v) is 4.63. The molecule has 1 fully saturated rings. The summed E-state index contributed by atoms with van der Waals surface area (Å²) in [6.07, 6.45) is 1.76. The molecular weight excluding hydrogens is 551 g/mol. The van der Waals surface area contributed by atoms with Crippen LogP contribution in [0.15, 0.2) is 41.1 Å². The monoisotopic (exact) mass is 578 g/mol. The fourth-order valence-electron chi connectivity index (χ4n) is 4.05. The minimum absolute atomic E-state index is 0.0309. The van der Waals surface area contributed by atoms with Crippen LogP contribution in [0.1, 0.15) is 35.1 Å². The third-order valence-corrected chi connectivity index (χ3v) is 6.80. The van der Waals surface area contributed by atoms with Gasteiger partial charge < -0.3 is 19.5 Å². The molecule has 0 unspecified atom stereocenters. The van der Waals surface area contributed by atoms with Gasteiger partial charge in [0.15, 0.2) is 11.9 Å². The Morgan fingerprint density at radius 2 is 2.03 bits per heavy atom. The minimum atomic E-state index is -0.775. The summed E-state index contributed by atoms with van der Waals surface area (Å²) >= 11 is 16.9. The molecule has 1 saturated heterocycles. The van der Waals surface area contributed by atoms with Gasteiger partial charge in [0.25, 0.3) is 16.7 Å². The Bertz CT molecular complexity index is 1320. The number of pyridine rings is 1. The summed E-state index contributed by atoms with van der Waals surface area (Å²) in [5.74, 6) is 0.532. The Labute approximate surface area is 235 Å². The molecule has 1 aliphatic heterocycles. The maximum absolute atomic E-state index is 13.1. The standard InChI is InChI=1S/C25H28Cl2N6O4S/c1-2-20(36-23-19(27)13-18(26)15-29-23)22(34)28-14-16-4-3-5-17(12-16)24(35)33-10-8-32(9-11-33)7-6-21-30-25(38)37-31-21/h3-5,12-13,15,20H,2,6-11,14H2,1H3,(H,28,34)(H,30,31,38)/t20-/m1/s1. The van der Waals surface area contributed by atoms with Gasteiger partial charge in [-0.3, -0.25) is 19.5 Å². The van der Waals surface area contributed by atoms with Crippen LogP contribution in [0.4, 0.5) is 0 Å². The van der Waals surface area contributed by atoms with Gasteiger partial charge in [0, 0.05) is 57.4 Å². The molecule has 2 amide bonds. The van der Waals surface area contributed by atoms with Crippen molar-refractivity contribution >= 4 is 47.2 Å². The maximum atomic E-state index is 13.1. The summed E-state index contributed by atoms with van der Waals surface area (Å²) in [6, 6.07) is 8.79. The van der Waals surface area contributed by atoms with Crippen molar-refractivity contribution < 1.29 is 18.8 Å². The molecule has 202 valence electrons. The van der Waals surface area contributed by atoms with Crippen molar-refractivity contribution in [2.45, 2.75) is 32.4 Å². The van der Waals surface area contributed by atoms with E-state index in [1.54, 1.807) is 12.1 Å². The van der Waals surface area contributed by atoms with E-state index in [1.165, 1.54) is 12.3 Å². The van der Waals surface area contributed by atoms with Crippen LogP contribution in [0.5, 0.6) is 5.88 Å². The van der Waals surface area contributed by atoms with E-state index in [1.807, 2.05) is 24.0 Å². The normalized spacial score (nSPS) is 14.8. The molecule has 38 heavy (non-hydrogen) atoms. The van der Waals surface area contributed by atoms with Crippen LogP contribution >= 0.6 is 35.4 Å². The van der Waals surface area contributed by atoms with Crippen LogP contribution < -0.4 is 10.1 Å². The number of nitrogens with one attached hydrogen (secondary N) is 2. The van der Waals surface area contributed by atoms with Gasteiger partial charge in [-0.1, -0.05) is 47.4 Å². The number of aromatic nitrogens is 3. The molecule has 2 aromatic heterocycles. The van der Waals surface area contributed by atoms with Crippen molar-refractivity contribution in [3.63, 3.8) is 0 Å². The van der Waals surface area contributed by atoms with E-state index in [2.05, 4.69) is 25.3 Å². The molecule has 1 atom stereocenters. The lowest BCUT2D eigenvalue weighted by atomic mass is 10.1. The van der Waals surface area contributed by atoms with Crippen molar-refractivity contribution in [2.75, 3.05) is 32.7 Å². The molecule has 1 aromatic carbocycles. The second kappa shape index (κ2) is 13.2. The highest BCUT2D eigenvalue weighted by Crippen LogP contribution is 2.26. The van der Waals surface area contributed by atoms with Crippen LogP contribution in [0.2, 0.25) is 10.0 Å². The average molecular weight is 580 g/mol. The number of aromatic amines is 1. The van der Waals surface area contributed by atoms with Crippen LogP contribution in [-0.2, 0) is 17.8 Å². The number of ether oxygens (including phenoxy) is 1. The summed E-state index contributed by atoms with van der Waals surface area (Å²) in [5.41, 5.74) is 1.39. The molecule has 3 heterocycles. The van der Waals surface area contributed by atoms with Crippen molar-refractivity contribution in [1.82, 2.24) is 30.2 Å². The van der Waals surface area contributed by atoms with Crippen LogP contribution in [0.3, 0.4) is 0 Å². The van der Waals surface area contributed by atoms with E-state index in [0.29, 0.717) is 36.5 Å². The Kier molecular flexibility index (Phi) is 9.73. The second-order valence-corrected chi connectivity index (χ2v) is 10.0. The third kappa shape index (κ3) is 7.53. The van der Waals surface area contributed by atoms with Crippen molar-refractivity contribution in [3.05, 3.63) is 68.4 Å². The Morgan fingerprint density at radius 1 is 1.24 bits per heavy atom. The highest BCUT2D eigenvalue weighted by atomic mass is 35.5. The number of carbonyl (C=O) groups is 2. The van der Waals surface area contributed by atoms with Gasteiger partial charge in [-0.2, -0.15) is 0 Å². The number of rotatable bonds is 10. The molecular formula is C25H28Cl2N6O4S. The van der Waals surface area contributed by atoms with Crippen molar-refractivity contribution in [3.8, 4) is 5.88 Å². The van der Waals surface area contributed by atoms with Crippen LogP contribution in [0, 0.1) is 4.84 Å². The first-order chi connectivity index (χ1) is 18.3. The van der Waals surface area contributed by atoms with Gasteiger partial charge >= 0.3 is 0 Å². The van der Waals surface area contributed by atoms with Crippen LogP contribution in [-0.4, -0.2) is 75.6 Å².